The highest BCUT2D eigenvalue weighted by atomic mass is 19.1. The molecule has 0 fully saturated rings. The second-order valence-corrected chi connectivity index (χ2v) is 6.12. The van der Waals surface area contributed by atoms with E-state index in [-0.39, 0.29) is 28.9 Å². The number of rotatable bonds is 3. The molecule has 4 rings (SSSR count). The van der Waals surface area contributed by atoms with E-state index in [2.05, 4.69) is 10.1 Å². The highest BCUT2D eigenvalue weighted by Crippen LogP contribution is 2.19. The predicted molar refractivity (Wildman–Crippen MR) is 97.5 cm³/mol. The minimum atomic E-state index is -0.715. The molecule has 1 N–H and O–H groups in total. The summed E-state index contributed by atoms with van der Waals surface area (Å²) in [6.07, 6.45) is 0. The SMILES string of the molecule is O=c1ccc2cc(Cn3nc(-c4cc(F)cc(F)c4)ccc3=O)ccc2[nH]1. The van der Waals surface area contributed by atoms with Crippen LogP contribution in [0.1, 0.15) is 5.56 Å². The van der Waals surface area contributed by atoms with Gasteiger partial charge in [0.15, 0.2) is 0 Å². The fourth-order valence-corrected chi connectivity index (χ4v) is 2.89. The molecule has 2 heterocycles. The summed E-state index contributed by atoms with van der Waals surface area (Å²) in [7, 11) is 0. The minimum absolute atomic E-state index is 0.180. The highest BCUT2D eigenvalue weighted by molar-refractivity contribution is 5.78. The lowest BCUT2D eigenvalue weighted by atomic mass is 10.1. The Morgan fingerprint density at radius 2 is 1.67 bits per heavy atom. The highest BCUT2D eigenvalue weighted by Gasteiger charge is 2.08. The van der Waals surface area contributed by atoms with Crippen molar-refractivity contribution in [1.29, 1.82) is 0 Å². The molecule has 2 aromatic carbocycles. The largest absolute Gasteiger partial charge is 0.322 e. The van der Waals surface area contributed by atoms with Crippen molar-refractivity contribution in [2.75, 3.05) is 0 Å². The van der Waals surface area contributed by atoms with Crippen LogP contribution < -0.4 is 11.1 Å². The number of H-pyrrole nitrogens is 1. The molecule has 0 aliphatic rings. The van der Waals surface area contributed by atoms with Crippen molar-refractivity contribution < 1.29 is 8.78 Å². The maximum atomic E-state index is 13.5. The van der Waals surface area contributed by atoms with Gasteiger partial charge in [-0.3, -0.25) is 9.59 Å². The molecule has 0 amide bonds. The topological polar surface area (TPSA) is 67.8 Å². The summed E-state index contributed by atoms with van der Waals surface area (Å²) in [5.41, 5.74) is 1.50. The summed E-state index contributed by atoms with van der Waals surface area (Å²) < 4.78 is 28.1. The van der Waals surface area contributed by atoms with Gasteiger partial charge in [-0.15, -0.1) is 0 Å². The van der Waals surface area contributed by atoms with E-state index in [1.807, 2.05) is 6.07 Å². The lowest BCUT2D eigenvalue weighted by Gasteiger charge is -2.08. The number of hydrogen-bond donors (Lipinski definition) is 1. The third kappa shape index (κ3) is 3.52. The summed E-state index contributed by atoms with van der Waals surface area (Å²) >= 11 is 0. The van der Waals surface area contributed by atoms with Crippen LogP contribution in [0.15, 0.2) is 70.3 Å². The lowest BCUT2D eigenvalue weighted by Crippen LogP contribution is -2.22. The number of pyridine rings is 1. The summed E-state index contributed by atoms with van der Waals surface area (Å²) in [5.74, 6) is -1.43. The quantitative estimate of drug-likeness (QED) is 0.607. The van der Waals surface area contributed by atoms with Crippen molar-refractivity contribution in [3.05, 3.63) is 98.6 Å². The van der Waals surface area contributed by atoms with Crippen LogP contribution >= 0.6 is 0 Å². The molecule has 2 aromatic heterocycles. The second kappa shape index (κ2) is 6.60. The number of aromatic nitrogens is 3. The normalized spacial score (nSPS) is 11.0. The molecule has 27 heavy (non-hydrogen) atoms. The molecule has 7 heteroatoms. The number of fused-ring (bicyclic) bond motifs is 1. The van der Waals surface area contributed by atoms with E-state index in [4.69, 9.17) is 0 Å². The van der Waals surface area contributed by atoms with Crippen LogP contribution in [0.4, 0.5) is 8.78 Å². The van der Waals surface area contributed by atoms with Gasteiger partial charge in [0, 0.05) is 29.3 Å². The molecule has 0 saturated carbocycles. The van der Waals surface area contributed by atoms with Crippen LogP contribution in [0, 0.1) is 11.6 Å². The van der Waals surface area contributed by atoms with Crippen LogP contribution in [0.5, 0.6) is 0 Å². The van der Waals surface area contributed by atoms with Crippen molar-refractivity contribution in [3.8, 4) is 11.3 Å². The van der Waals surface area contributed by atoms with E-state index in [1.54, 1.807) is 18.2 Å². The Kier molecular flexibility index (Phi) is 4.12. The Labute approximate surface area is 151 Å². The fourth-order valence-electron chi connectivity index (χ4n) is 2.89. The first kappa shape index (κ1) is 16.8. The molecule has 0 aliphatic carbocycles. The van der Waals surface area contributed by atoms with E-state index in [0.29, 0.717) is 5.52 Å². The fraction of sp³-hybridized carbons (Fsp3) is 0.0500. The lowest BCUT2D eigenvalue weighted by molar-refractivity contribution is 0.583. The Morgan fingerprint density at radius 3 is 2.44 bits per heavy atom. The summed E-state index contributed by atoms with van der Waals surface area (Å²) in [5, 5.41) is 5.05. The Morgan fingerprint density at radius 1 is 0.889 bits per heavy atom. The van der Waals surface area contributed by atoms with E-state index >= 15 is 0 Å². The summed E-state index contributed by atoms with van der Waals surface area (Å²) in [4.78, 5) is 26.2. The summed E-state index contributed by atoms with van der Waals surface area (Å²) in [6, 6.07) is 14.3. The number of aromatic amines is 1. The van der Waals surface area contributed by atoms with Crippen molar-refractivity contribution in [3.63, 3.8) is 0 Å². The third-order valence-electron chi connectivity index (χ3n) is 4.15. The average molecular weight is 365 g/mol. The Hall–Kier alpha value is -3.61. The smallest absolute Gasteiger partial charge is 0.267 e. The van der Waals surface area contributed by atoms with E-state index in [9.17, 15) is 18.4 Å². The minimum Gasteiger partial charge on any atom is -0.322 e. The first-order valence-corrected chi connectivity index (χ1v) is 8.14. The van der Waals surface area contributed by atoms with Crippen LogP contribution in [0.3, 0.4) is 0 Å². The zero-order valence-electron chi connectivity index (χ0n) is 13.9. The van der Waals surface area contributed by atoms with Gasteiger partial charge < -0.3 is 4.98 Å². The van der Waals surface area contributed by atoms with Gasteiger partial charge in [0.1, 0.15) is 11.6 Å². The number of benzene rings is 2. The average Bonchev–Trinajstić information content (AvgIpc) is 2.63. The van der Waals surface area contributed by atoms with Crippen molar-refractivity contribution >= 4 is 10.9 Å². The number of halogens is 2. The van der Waals surface area contributed by atoms with Gasteiger partial charge in [-0.05, 0) is 47.3 Å². The molecule has 0 aliphatic heterocycles. The first-order valence-electron chi connectivity index (χ1n) is 8.14. The molecule has 0 atom stereocenters. The molecular weight excluding hydrogens is 352 g/mol. The van der Waals surface area contributed by atoms with Crippen molar-refractivity contribution in [1.82, 2.24) is 14.8 Å². The van der Waals surface area contributed by atoms with E-state index in [0.717, 1.165) is 29.1 Å². The maximum absolute atomic E-state index is 13.5. The molecule has 0 spiro atoms. The monoisotopic (exact) mass is 365 g/mol. The standard InChI is InChI=1S/C20H13F2N3O2/c21-15-8-14(9-16(22)10-15)18-4-6-20(27)25(24-18)11-12-1-3-17-13(7-12)2-5-19(26)23-17/h1-10H,11H2,(H,23,26). The van der Waals surface area contributed by atoms with Crippen molar-refractivity contribution in [2.45, 2.75) is 6.54 Å². The van der Waals surface area contributed by atoms with Gasteiger partial charge in [0.2, 0.25) is 5.56 Å². The Balaban J connectivity index is 1.72. The van der Waals surface area contributed by atoms with Gasteiger partial charge in [-0.2, -0.15) is 5.10 Å². The van der Waals surface area contributed by atoms with Gasteiger partial charge in [0.05, 0.1) is 12.2 Å². The van der Waals surface area contributed by atoms with Crippen LogP contribution in [-0.2, 0) is 6.54 Å². The second-order valence-electron chi connectivity index (χ2n) is 6.12. The molecular formula is C20H13F2N3O2. The molecule has 0 bridgehead atoms. The zero-order chi connectivity index (χ0) is 19.0. The van der Waals surface area contributed by atoms with Gasteiger partial charge in [-0.25, -0.2) is 13.5 Å². The number of hydrogen-bond acceptors (Lipinski definition) is 3. The van der Waals surface area contributed by atoms with Crippen LogP contribution in [0.2, 0.25) is 0 Å². The van der Waals surface area contributed by atoms with Gasteiger partial charge in [0.25, 0.3) is 5.56 Å². The zero-order valence-corrected chi connectivity index (χ0v) is 13.9. The summed E-state index contributed by atoms with van der Waals surface area (Å²) in [6.45, 7) is 0.180. The maximum Gasteiger partial charge on any atom is 0.267 e. The van der Waals surface area contributed by atoms with Crippen LogP contribution in [-0.4, -0.2) is 14.8 Å². The van der Waals surface area contributed by atoms with Gasteiger partial charge in [-0.1, -0.05) is 6.07 Å². The molecule has 0 saturated heterocycles. The van der Waals surface area contributed by atoms with Crippen molar-refractivity contribution in [2.24, 2.45) is 0 Å². The first-order chi connectivity index (χ1) is 13.0. The molecule has 0 radical (unpaired) electrons. The molecule has 5 nitrogen and oxygen atoms in total. The van der Waals surface area contributed by atoms with E-state index < -0.39 is 11.6 Å². The third-order valence-corrected chi connectivity index (χ3v) is 4.15. The number of nitrogens with one attached hydrogen (secondary N) is 1. The number of nitrogens with zero attached hydrogens (tertiary/aromatic N) is 2. The predicted octanol–water partition coefficient (Wildman–Crippen LogP) is 3.08. The van der Waals surface area contributed by atoms with Gasteiger partial charge >= 0.3 is 0 Å². The molecule has 4 aromatic rings. The van der Waals surface area contributed by atoms with E-state index in [1.165, 1.54) is 22.9 Å². The Bertz CT molecular complexity index is 1260. The molecule has 134 valence electrons. The molecule has 0 unspecified atom stereocenters. The van der Waals surface area contributed by atoms with Crippen LogP contribution in [0.25, 0.3) is 22.2 Å².